The van der Waals surface area contributed by atoms with Gasteiger partial charge in [0.15, 0.2) is 0 Å². The molecule has 1 N–H and O–H groups in total. The molecule has 51 heavy (non-hydrogen) atoms. The van der Waals surface area contributed by atoms with Crippen LogP contribution in [0.5, 0.6) is 0 Å². The second kappa shape index (κ2) is 31.0. The third kappa shape index (κ3) is 24.3. The van der Waals surface area contributed by atoms with Crippen LogP contribution in [0.3, 0.4) is 0 Å². The molecule has 1 amide bonds. The van der Waals surface area contributed by atoms with Gasteiger partial charge >= 0.3 is 11.9 Å². The zero-order chi connectivity index (χ0) is 37.5. The highest BCUT2D eigenvalue weighted by Gasteiger charge is 2.24. The molecule has 7 heteroatoms. The molecule has 1 aliphatic rings. The number of ether oxygens (including phenoxy) is 2. The number of esters is 2. The van der Waals surface area contributed by atoms with E-state index in [2.05, 4.69) is 61.7 Å². The Morgan fingerprint density at radius 1 is 0.765 bits per heavy atom. The number of likely N-dealkylation sites (N-methyl/N-ethyl adjacent to an activating group) is 1. The van der Waals surface area contributed by atoms with Gasteiger partial charge in [-0.15, -0.1) is 0 Å². The molecule has 0 spiro atoms. The number of amides is 1. The monoisotopic (exact) mass is 713 g/mol. The summed E-state index contributed by atoms with van der Waals surface area (Å²) in [6, 6.07) is 0.518. The van der Waals surface area contributed by atoms with Gasteiger partial charge in [-0.25, -0.2) is 0 Å². The molecule has 1 heterocycles. The van der Waals surface area contributed by atoms with Crippen molar-refractivity contribution in [2.24, 2.45) is 11.8 Å². The molecular formula is C44H76N2O5. The van der Waals surface area contributed by atoms with Crippen molar-refractivity contribution in [3.05, 3.63) is 29.3 Å². The Morgan fingerprint density at radius 2 is 1.24 bits per heavy atom. The third-order valence-corrected chi connectivity index (χ3v) is 10.5. The normalized spacial score (nSPS) is 21.9. The molecule has 1 saturated heterocycles. The number of hydrogen-bond donors (Lipinski definition) is 1. The lowest BCUT2D eigenvalue weighted by molar-refractivity contribution is -0.144. The number of carbonyl (C=O) groups excluding carboxylic acids is 3. The van der Waals surface area contributed by atoms with Crippen LogP contribution in [0.2, 0.25) is 0 Å². The van der Waals surface area contributed by atoms with E-state index in [1.165, 1.54) is 5.57 Å². The molecule has 1 fully saturated rings. The number of carbonyl (C=O) groups is 3. The van der Waals surface area contributed by atoms with Crippen LogP contribution in [0.1, 0.15) is 182 Å². The number of cyclic esters (lactones) is 2. The maximum atomic E-state index is 12.8. The van der Waals surface area contributed by atoms with Gasteiger partial charge in [0.25, 0.3) is 0 Å². The molecule has 0 radical (unpaired) electrons. The van der Waals surface area contributed by atoms with E-state index in [-0.39, 0.29) is 35.7 Å². The predicted octanol–water partition coefficient (Wildman–Crippen LogP) is 10.6. The Labute approximate surface area is 313 Å². The highest BCUT2D eigenvalue weighted by atomic mass is 16.5. The van der Waals surface area contributed by atoms with E-state index in [0.717, 1.165) is 141 Å². The molecular weight excluding hydrogens is 636 g/mol. The minimum Gasteiger partial charge on any atom is -0.466 e. The highest BCUT2D eigenvalue weighted by Crippen LogP contribution is 2.33. The van der Waals surface area contributed by atoms with Crippen LogP contribution in [-0.2, 0) is 23.9 Å². The number of nitrogens with zero attached hydrogens (tertiary/aromatic N) is 1. The van der Waals surface area contributed by atoms with Gasteiger partial charge < -0.3 is 14.8 Å². The fourth-order valence-corrected chi connectivity index (χ4v) is 6.97. The maximum absolute atomic E-state index is 12.8. The summed E-state index contributed by atoms with van der Waals surface area (Å²) in [5.74, 6) is 0.309. The molecule has 292 valence electrons. The van der Waals surface area contributed by atoms with Gasteiger partial charge in [-0.2, -0.15) is 0 Å². The molecule has 1 aliphatic heterocycles. The Kier molecular flexibility index (Phi) is 28.3. The first-order chi connectivity index (χ1) is 24.7. The highest BCUT2D eigenvalue weighted by molar-refractivity contribution is 5.78. The first kappa shape index (κ1) is 46.5. The first-order valence-corrected chi connectivity index (χ1v) is 20.9. The molecule has 7 nitrogen and oxygen atoms in total. The zero-order valence-electron chi connectivity index (χ0n) is 33.6. The molecule has 2 unspecified atom stereocenters. The minimum atomic E-state index is -0.114. The van der Waals surface area contributed by atoms with Crippen LogP contribution < -0.4 is 5.32 Å². The van der Waals surface area contributed by atoms with E-state index in [1.807, 2.05) is 7.05 Å². The lowest BCUT2D eigenvalue weighted by atomic mass is 9.79. The van der Waals surface area contributed by atoms with Crippen LogP contribution >= 0.6 is 0 Å². The maximum Gasteiger partial charge on any atom is 0.305 e. The largest absolute Gasteiger partial charge is 0.466 e. The van der Waals surface area contributed by atoms with E-state index in [0.29, 0.717) is 38.6 Å². The van der Waals surface area contributed by atoms with Crippen molar-refractivity contribution in [1.29, 1.82) is 0 Å². The number of unbranched alkanes of at least 4 members (excludes halogenated alkanes) is 4. The van der Waals surface area contributed by atoms with Gasteiger partial charge in [-0.05, 0) is 102 Å². The van der Waals surface area contributed by atoms with Crippen LogP contribution in [-0.4, -0.2) is 61.6 Å². The van der Waals surface area contributed by atoms with Gasteiger partial charge in [0.05, 0.1) is 19.8 Å². The molecule has 1 rings (SSSR count). The summed E-state index contributed by atoms with van der Waals surface area (Å²) in [4.78, 5) is 40.3. The Bertz CT molecular complexity index is 1020. The smallest absolute Gasteiger partial charge is 0.305 e. The van der Waals surface area contributed by atoms with E-state index in [9.17, 15) is 14.4 Å². The van der Waals surface area contributed by atoms with Crippen molar-refractivity contribution >= 4 is 17.8 Å². The molecule has 0 aliphatic carbocycles. The van der Waals surface area contributed by atoms with Crippen molar-refractivity contribution in [2.45, 2.75) is 194 Å². The van der Waals surface area contributed by atoms with Gasteiger partial charge in [-0.3, -0.25) is 19.3 Å². The van der Waals surface area contributed by atoms with Crippen molar-refractivity contribution < 1.29 is 23.9 Å². The summed E-state index contributed by atoms with van der Waals surface area (Å²) in [5, 5.41) is 3.31. The van der Waals surface area contributed by atoms with Crippen LogP contribution in [0.4, 0.5) is 0 Å². The number of nitrogens with one attached hydrogen (secondary N) is 1. The second-order valence-electron chi connectivity index (χ2n) is 15.2. The SMILES string of the molecule is C=C=C=C=C1C(CCCCC)CCOC(=O)CCCCCCCC(NC(=O)CN(C)C(C)C)CCCCCCCC(=O)OCCC1CCCCC. The fraction of sp³-hybridized carbons (Fsp3) is 0.818. The van der Waals surface area contributed by atoms with E-state index in [4.69, 9.17) is 9.47 Å². The van der Waals surface area contributed by atoms with Gasteiger partial charge in [0.2, 0.25) is 5.91 Å². The minimum absolute atomic E-state index is 0.102. The average Bonchev–Trinajstić information content (AvgIpc) is 3.09. The van der Waals surface area contributed by atoms with Crippen LogP contribution in [0.15, 0.2) is 29.3 Å². The third-order valence-electron chi connectivity index (χ3n) is 10.5. The summed E-state index contributed by atoms with van der Waals surface area (Å²) in [7, 11) is 1.99. The van der Waals surface area contributed by atoms with Crippen molar-refractivity contribution in [3.8, 4) is 0 Å². The molecule has 0 aromatic heterocycles. The van der Waals surface area contributed by atoms with Gasteiger partial charge in [0.1, 0.15) is 0 Å². The predicted molar refractivity (Wildman–Crippen MR) is 210 cm³/mol. The van der Waals surface area contributed by atoms with Crippen LogP contribution in [0.25, 0.3) is 0 Å². The van der Waals surface area contributed by atoms with Crippen molar-refractivity contribution in [3.63, 3.8) is 0 Å². The molecule has 0 aromatic carbocycles. The Balaban J connectivity index is 2.99. The summed E-state index contributed by atoms with van der Waals surface area (Å²) in [6.45, 7) is 13.6. The van der Waals surface area contributed by atoms with E-state index < -0.39 is 0 Å². The summed E-state index contributed by atoms with van der Waals surface area (Å²) in [6.07, 6.45) is 23.5. The summed E-state index contributed by atoms with van der Waals surface area (Å²) in [5.41, 5.74) is 10.4. The van der Waals surface area contributed by atoms with E-state index >= 15 is 0 Å². The summed E-state index contributed by atoms with van der Waals surface area (Å²) < 4.78 is 11.6. The molecule has 0 aromatic rings. The molecule has 0 bridgehead atoms. The topological polar surface area (TPSA) is 84.9 Å². The number of allylic oxidation sites excluding steroid dienone is 1. The Morgan fingerprint density at radius 3 is 1.69 bits per heavy atom. The standard InChI is InChI=1S/C44H76N2O5/c1-7-10-19-25-38-32-34-50-43(48)30-23-17-13-15-21-27-40(45-42(47)36-46(6)37(4)5)28-22-16-14-18-24-31-44(49)51-35-33-39(26-20-11-8-2)41(38)29-12-9-3/h37-40H,3,7-8,10-11,13-28,30-36H2,1-2,4-6H3,(H,45,47). The quantitative estimate of drug-likeness (QED) is 0.123. The molecule has 2 atom stereocenters. The average molecular weight is 713 g/mol. The summed E-state index contributed by atoms with van der Waals surface area (Å²) >= 11 is 0. The first-order valence-electron chi connectivity index (χ1n) is 20.9. The molecule has 0 saturated carbocycles. The van der Waals surface area contributed by atoms with Crippen LogP contribution in [0, 0.1) is 11.8 Å². The fourth-order valence-electron chi connectivity index (χ4n) is 6.97. The lowest BCUT2D eigenvalue weighted by Gasteiger charge is -2.26. The second-order valence-corrected chi connectivity index (χ2v) is 15.2. The number of hydrogen-bond acceptors (Lipinski definition) is 6. The van der Waals surface area contributed by atoms with Gasteiger partial charge in [0, 0.05) is 24.9 Å². The zero-order valence-corrected chi connectivity index (χ0v) is 33.6. The lowest BCUT2D eigenvalue weighted by Crippen LogP contribution is -2.42. The van der Waals surface area contributed by atoms with Gasteiger partial charge in [-0.1, -0.05) is 115 Å². The van der Waals surface area contributed by atoms with Crippen molar-refractivity contribution in [2.75, 3.05) is 26.8 Å². The Hall–Kier alpha value is -2.55. The van der Waals surface area contributed by atoms with E-state index in [1.54, 1.807) is 0 Å². The van der Waals surface area contributed by atoms with Crippen molar-refractivity contribution in [1.82, 2.24) is 10.2 Å². The number of rotatable bonds is 12.